The first-order chi connectivity index (χ1) is 9.35. The van der Waals surface area contributed by atoms with E-state index in [2.05, 4.69) is 5.10 Å². The average Bonchev–Trinajstić information content (AvgIpc) is 2.73. The minimum absolute atomic E-state index is 0.127. The van der Waals surface area contributed by atoms with Crippen molar-refractivity contribution in [3.05, 3.63) is 53.3 Å². The van der Waals surface area contributed by atoms with Crippen LogP contribution >= 0.6 is 0 Å². The molecular weight excluding hydrogens is 273 g/mol. The molecule has 0 saturated heterocycles. The molecule has 0 aliphatic carbocycles. The quantitative estimate of drug-likeness (QED) is 0.870. The molecule has 0 N–H and O–H groups in total. The summed E-state index contributed by atoms with van der Waals surface area (Å²) in [4.78, 5) is 17.7. The highest BCUT2D eigenvalue weighted by Gasteiger charge is 2.30. The van der Waals surface area contributed by atoms with Gasteiger partial charge in [0.1, 0.15) is 0 Å². The molecule has 20 heavy (non-hydrogen) atoms. The fourth-order valence-corrected chi connectivity index (χ4v) is 1.67. The van der Waals surface area contributed by atoms with Crippen molar-refractivity contribution in [2.75, 3.05) is 0 Å². The maximum atomic E-state index is 12.4. The maximum Gasteiger partial charge on any atom is 0.393 e. The Balaban J connectivity index is 2.21. The molecular formula is C13H11F3N2O2. The second kappa shape index (κ2) is 5.36. The van der Waals surface area contributed by atoms with Crippen molar-refractivity contribution in [2.45, 2.75) is 19.5 Å². The molecule has 0 radical (unpaired) electrons. The largest absolute Gasteiger partial charge is 0.393 e. The van der Waals surface area contributed by atoms with Crippen molar-refractivity contribution in [3.8, 4) is 0 Å². The van der Waals surface area contributed by atoms with Crippen LogP contribution in [0.15, 0.2) is 36.5 Å². The number of rotatable bonds is 3. The lowest BCUT2D eigenvalue weighted by Crippen LogP contribution is -2.23. The molecule has 106 valence electrons. The van der Waals surface area contributed by atoms with Crippen molar-refractivity contribution in [1.82, 2.24) is 9.94 Å². The highest BCUT2D eigenvalue weighted by molar-refractivity contribution is 5.91. The molecule has 1 aromatic carbocycles. The molecule has 0 fully saturated rings. The third kappa shape index (κ3) is 3.59. The number of carbonyl (C=O) groups excluding carboxylic acids is 1. The Morgan fingerprint density at radius 3 is 2.60 bits per heavy atom. The van der Waals surface area contributed by atoms with Gasteiger partial charge in [0.05, 0.1) is 23.9 Å². The molecule has 0 aliphatic heterocycles. The van der Waals surface area contributed by atoms with Gasteiger partial charge in [-0.3, -0.25) is 0 Å². The molecule has 1 heterocycles. The van der Waals surface area contributed by atoms with Crippen LogP contribution in [0, 0.1) is 6.92 Å². The van der Waals surface area contributed by atoms with E-state index in [-0.39, 0.29) is 11.1 Å². The number of halogens is 3. The Hall–Kier alpha value is -2.31. The first-order valence-corrected chi connectivity index (χ1v) is 5.75. The SMILES string of the molecule is Cc1ccn(OC(=O)c2ccccc2CC(F)(F)F)n1. The molecule has 0 spiro atoms. The lowest BCUT2D eigenvalue weighted by Gasteiger charge is -2.10. The van der Waals surface area contributed by atoms with E-state index in [0.29, 0.717) is 5.69 Å². The summed E-state index contributed by atoms with van der Waals surface area (Å²) in [5.74, 6) is -0.882. The van der Waals surface area contributed by atoms with Crippen LogP contribution in [0.2, 0.25) is 0 Å². The lowest BCUT2D eigenvalue weighted by molar-refractivity contribution is -0.127. The van der Waals surface area contributed by atoms with Crippen LogP contribution in [-0.2, 0) is 6.42 Å². The number of alkyl halides is 3. The standard InChI is InChI=1S/C13H11F3N2O2/c1-9-6-7-18(17-9)20-12(19)11-5-3-2-4-10(11)8-13(14,15)16/h2-7H,8H2,1H3. The van der Waals surface area contributed by atoms with Crippen LogP contribution in [-0.4, -0.2) is 22.1 Å². The van der Waals surface area contributed by atoms with E-state index in [1.54, 1.807) is 13.0 Å². The van der Waals surface area contributed by atoms with Gasteiger partial charge in [0.25, 0.3) is 0 Å². The predicted octanol–water partition coefficient (Wildman–Crippen LogP) is 2.57. The van der Waals surface area contributed by atoms with E-state index in [4.69, 9.17) is 4.84 Å². The van der Waals surface area contributed by atoms with Crippen LogP contribution < -0.4 is 4.84 Å². The predicted molar refractivity (Wildman–Crippen MR) is 64.1 cm³/mol. The minimum atomic E-state index is -4.39. The van der Waals surface area contributed by atoms with Gasteiger partial charge in [-0.1, -0.05) is 23.0 Å². The topological polar surface area (TPSA) is 44.1 Å². The van der Waals surface area contributed by atoms with Crippen molar-refractivity contribution >= 4 is 5.97 Å². The fourth-order valence-electron chi connectivity index (χ4n) is 1.67. The van der Waals surface area contributed by atoms with Gasteiger partial charge in [-0.05, 0) is 24.6 Å². The summed E-state index contributed by atoms with van der Waals surface area (Å²) in [6, 6.07) is 7.06. The van der Waals surface area contributed by atoms with Crippen LogP contribution in [0.4, 0.5) is 13.2 Å². The second-order valence-corrected chi connectivity index (χ2v) is 4.19. The van der Waals surface area contributed by atoms with Crippen LogP contribution in [0.1, 0.15) is 21.6 Å². The highest BCUT2D eigenvalue weighted by atomic mass is 19.4. The van der Waals surface area contributed by atoms with E-state index in [1.165, 1.54) is 30.5 Å². The summed E-state index contributed by atoms with van der Waals surface area (Å²) >= 11 is 0. The Bertz CT molecular complexity index is 620. The fraction of sp³-hybridized carbons (Fsp3) is 0.231. The zero-order chi connectivity index (χ0) is 14.8. The summed E-state index contributed by atoms with van der Waals surface area (Å²) in [6.45, 7) is 1.70. The molecule has 0 aliphatic rings. The molecule has 0 bridgehead atoms. The number of carbonyl (C=O) groups is 1. The van der Waals surface area contributed by atoms with Gasteiger partial charge in [-0.2, -0.15) is 13.2 Å². The normalized spacial score (nSPS) is 11.4. The van der Waals surface area contributed by atoms with Gasteiger partial charge >= 0.3 is 12.1 Å². The summed E-state index contributed by atoms with van der Waals surface area (Å²) < 4.78 is 37.3. The molecule has 4 nitrogen and oxygen atoms in total. The number of aryl methyl sites for hydroxylation is 1. The molecule has 7 heteroatoms. The molecule has 0 amide bonds. The Kier molecular flexibility index (Phi) is 3.78. The van der Waals surface area contributed by atoms with Gasteiger partial charge in [0.2, 0.25) is 0 Å². The van der Waals surface area contributed by atoms with Gasteiger partial charge in [0.15, 0.2) is 0 Å². The van der Waals surface area contributed by atoms with Crippen molar-refractivity contribution in [1.29, 1.82) is 0 Å². The van der Waals surface area contributed by atoms with E-state index >= 15 is 0 Å². The molecule has 0 atom stereocenters. The monoisotopic (exact) mass is 284 g/mol. The van der Waals surface area contributed by atoms with Crippen molar-refractivity contribution in [2.24, 2.45) is 0 Å². The third-order valence-corrected chi connectivity index (χ3v) is 2.50. The number of benzene rings is 1. The lowest BCUT2D eigenvalue weighted by atomic mass is 10.0. The van der Waals surface area contributed by atoms with Crippen LogP contribution in [0.5, 0.6) is 0 Å². The summed E-state index contributed by atoms with van der Waals surface area (Å²) in [7, 11) is 0. The number of aromatic nitrogens is 2. The summed E-state index contributed by atoms with van der Waals surface area (Å²) in [6.07, 6.45) is -4.17. The summed E-state index contributed by atoms with van der Waals surface area (Å²) in [5.41, 5.74) is 0.369. The van der Waals surface area contributed by atoms with Crippen LogP contribution in [0.3, 0.4) is 0 Å². The zero-order valence-electron chi connectivity index (χ0n) is 10.5. The van der Waals surface area contributed by atoms with Crippen molar-refractivity contribution in [3.63, 3.8) is 0 Å². The molecule has 2 aromatic rings. The minimum Gasteiger partial charge on any atom is -0.314 e. The van der Waals surface area contributed by atoms with Gasteiger partial charge < -0.3 is 4.84 Å². The zero-order valence-corrected chi connectivity index (χ0v) is 10.5. The summed E-state index contributed by atoms with van der Waals surface area (Å²) in [5, 5.41) is 3.83. The van der Waals surface area contributed by atoms with E-state index in [0.717, 1.165) is 4.85 Å². The van der Waals surface area contributed by atoms with Gasteiger partial charge in [-0.25, -0.2) is 4.79 Å². The Morgan fingerprint density at radius 1 is 1.30 bits per heavy atom. The van der Waals surface area contributed by atoms with Crippen molar-refractivity contribution < 1.29 is 22.8 Å². The first kappa shape index (κ1) is 14.1. The average molecular weight is 284 g/mol. The smallest absolute Gasteiger partial charge is 0.314 e. The van der Waals surface area contributed by atoms with E-state index < -0.39 is 18.6 Å². The highest BCUT2D eigenvalue weighted by Crippen LogP contribution is 2.23. The number of hydrogen-bond donors (Lipinski definition) is 0. The molecule has 0 saturated carbocycles. The third-order valence-electron chi connectivity index (χ3n) is 2.50. The number of nitrogens with zero attached hydrogens (tertiary/aromatic N) is 2. The first-order valence-electron chi connectivity index (χ1n) is 5.75. The Morgan fingerprint density at radius 2 is 2.00 bits per heavy atom. The van der Waals surface area contributed by atoms with Crippen LogP contribution in [0.25, 0.3) is 0 Å². The Labute approximate surface area is 112 Å². The van der Waals surface area contributed by atoms with Gasteiger partial charge in [-0.15, -0.1) is 5.10 Å². The number of hydrogen-bond acceptors (Lipinski definition) is 3. The van der Waals surface area contributed by atoms with E-state index in [1.807, 2.05) is 0 Å². The molecule has 2 rings (SSSR count). The second-order valence-electron chi connectivity index (χ2n) is 4.19. The molecule has 1 aromatic heterocycles. The maximum absolute atomic E-state index is 12.4. The molecule has 0 unspecified atom stereocenters. The van der Waals surface area contributed by atoms with E-state index in [9.17, 15) is 18.0 Å². The van der Waals surface area contributed by atoms with Gasteiger partial charge in [0, 0.05) is 0 Å².